The van der Waals surface area contributed by atoms with Gasteiger partial charge in [-0.1, -0.05) is 23.7 Å². The number of anilines is 1. The minimum Gasteiger partial charge on any atom is -0.506 e. The van der Waals surface area contributed by atoms with E-state index in [-0.39, 0.29) is 16.3 Å². The predicted octanol–water partition coefficient (Wildman–Crippen LogP) is 4.91. The lowest BCUT2D eigenvalue weighted by Crippen LogP contribution is -2.31. The zero-order valence-corrected chi connectivity index (χ0v) is 14.3. The van der Waals surface area contributed by atoms with E-state index >= 15 is 0 Å². The number of phenols is 1. The molecule has 2 aromatic carbocycles. The molecule has 3 aromatic rings. The zero-order valence-electron chi connectivity index (χ0n) is 13.5. The largest absolute Gasteiger partial charge is 0.506 e. The number of benzene rings is 2. The van der Waals surface area contributed by atoms with Crippen LogP contribution in [0.25, 0.3) is 27.3 Å². The van der Waals surface area contributed by atoms with Gasteiger partial charge in [-0.05, 0) is 44.5 Å². The zero-order chi connectivity index (χ0) is 17.2. The average Bonchev–Trinajstić information content (AvgIpc) is 2.49. The molecule has 0 amide bonds. The number of hydrogen-bond donors (Lipinski definition) is 2. The molecule has 5 heteroatoms. The fourth-order valence-electron chi connectivity index (χ4n) is 3.57. The van der Waals surface area contributed by atoms with Crippen LogP contribution in [-0.2, 0) is 0 Å². The second-order valence-electron chi connectivity index (χ2n) is 6.75. The van der Waals surface area contributed by atoms with Gasteiger partial charge in [0.1, 0.15) is 11.3 Å². The van der Waals surface area contributed by atoms with Crippen LogP contribution in [0.5, 0.6) is 5.75 Å². The molecule has 0 atom stereocenters. The Hall–Kier alpha value is -2.46. The first kappa shape index (κ1) is 15.1. The highest BCUT2D eigenvalue weighted by Gasteiger charge is 2.26. The number of fused-ring (bicyclic) bond motifs is 5. The van der Waals surface area contributed by atoms with E-state index in [1.165, 1.54) is 6.07 Å². The molecule has 122 valence electrons. The summed E-state index contributed by atoms with van der Waals surface area (Å²) < 4.78 is 5.47. The molecule has 2 N–H and O–H groups in total. The summed E-state index contributed by atoms with van der Waals surface area (Å²) in [5, 5.41) is 15.2. The normalized spacial score (nSPS) is 15.9. The van der Waals surface area contributed by atoms with Gasteiger partial charge in [0.05, 0.1) is 15.9 Å². The minimum absolute atomic E-state index is 0.0384. The Morgan fingerprint density at radius 1 is 1.17 bits per heavy atom. The number of halogens is 1. The van der Waals surface area contributed by atoms with Gasteiger partial charge in [-0.25, -0.2) is 4.79 Å². The Labute approximate surface area is 143 Å². The summed E-state index contributed by atoms with van der Waals surface area (Å²) in [4.78, 5) is 12.6. The van der Waals surface area contributed by atoms with Crippen molar-refractivity contribution >= 4 is 44.6 Å². The molecule has 0 saturated heterocycles. The van der Waals surface area contributed by atoms with Crippen molar-refractivity contribution in [1.29, 1.82) is 0 Å². The highest BCUT2D eigenvalue weighted by atomic mass is 35.5. The summed E-state index contributed by atoms with van der Waals surface area (Å²) in [5.41, 5.74) is 2.46. The Morgan fingerprint density at radius 2 is 1.92 bits per heavy atom. The van der Waals surface area contributed by atoms with E-state index in [0.29, 0.717) is 21.7 Å². The van der Waals surface area contributed by atoms with E-state index in [1.54, 1.807) is 6.07 Å². The van der Waals surface area contributed by atoms with Gasteiger partial charge >= 0.3 is 5.63 Å². The van der Waals surface area contributed by atoms with E-state index in [4.69, 9.17) is 16.0 Å². The van der Waals surface area contributed by atoms with Crippen molar-refractivity contribution in [3.63, 3.8) is 0 Å². The van der Waals surface area contributed by atoms with Crippen LogP contribution >= 0.6 is 11.6 Å². The Morgan fingerprint density at radius 3 is 2.67 bits per heavy atom. The molecule has 4 nitrogen and oxygen atoms in total. The first-order valence-corrected chi connectivity index (χ1v) is 8.05. The fraction of sp³-hybridized carbons (Fsp3) is 0.211. The van der Waals surface area contributed by atoms with E-state index in [2.05, 4.69) is 25.2 Å². The lowest BCUT2D eigenvalue weighted by molar-refractivity contribution is 0.475. The number of aromatic hydroxyl groups is 1. The lowest BCUT2D eigenvalue weighted by atomic mass is 9.88. The minimum atomic E-state index is -0.412. The molecule has 0 aliphatic carbocycles. The van der Waals surface area contributed by atoms with E-state index < -0.39 is 5.63 Å². The third-order valence-electron chi connectivity index (χ3n) is 4.39. The van der Waals surface area contributed by atoms with Gasteiger partial charge in [-0.2, -0.15) is 0 Å². The van der Waals surface area contributed by atoms with Gasteiger partial charge < -0.3 is 14.8 Å². The van der Waals surface area contributed by atoms with Crippen molar-refractivity contribution in [2.45, 2.75) is 26.3 Å². The molecule has 1 aliphatic heterocycles. The molecule has 0 bridgehead atoms. The van der Waals surface area contributed by atoms with Crippen LogP contribution in [-0.4, -0.2) is 10.6 Å². The quantitative estimate of drug-likeness (QED) is 0.450. The summed E-state index contributed by atoms with van der Waals surface area (Å²) in [5.74, 6) is -0.0384. The van der Waals surface area contributed by atoms with Crippen molar-refractivity contribution < 1.29 is 9.52 Å². The van der Waals surface area contributed by atoms with Crippen LogP contribution < -0.4 is 10.9 Å². The van der Waals surface area contributed by atoms with Crippen LogP contribution in [0.3, 0.4) is 0 Å². The predicted molar refractivity (Wildman–Crippen MR) is 98.0 cm³/mol. The molecule has 1 aliphatic rings. The van der Waals surface area contributed by atoms with Crippen LogP contribution in [0.2, 0.25) is 5.02 Å². The molecule has 2 heterocycles. The van der Waals surface area contributed by atoms with Crippen LogP contribution in [0, 0.1) is 0 Å². The van der Waals surface area contributed by atoms with Gasteiger partial charge in [0.15, 0.2) is 0 Å². The third kappa shape index (κ3) is 2.03. The van der Waals surface area contributed by atoms with Gasteiger partial charge in [-0.3, -0.25) is 0 Å². The monoisotopic (exact) mass is 341 g/mol. The standard InChI is InChI=1S/C19H16ClNO3/c1-9-8-19(2,3)21-11-5-4-10-15-13(7-6-12(22)17(15)20)24-18(23)16(10)14(9)11/h4-8,21-22H,1-3H3. The summed E-state index contributed by atoms with van der Waals surface area (Å²) in [7, 11) is 0. The van der Waals surface area contributed by atoms with E-state index in [9.17, 15) is 9.90 Å². The van der Waals surface area contributed by atoms with Gasteiger partial charge in [0, 0.05) is 22.0 Å². The van der Waals surface area contributed by atoms with E-state index in [0.717, 1.165) is 16.8 Å². The maximum Gasteiger partial charge on any atom is 0.344 e. The smallest absolute Gasteiger partial charge is 0.344 e. The number of nitrogens with one attached hydrogen (secondary N) is 1. The van der Waals surface area contributed by atoms with Crippen LogP contribution in [0.1, 0.15) is 26.3 Å². The first-order valence-electron chi connectivity index (χ1n) is 7.67. The number of allylic oxidation sites excluding steroid dienone is 1. The third-order valence-corrected chi connectivity index (χ3v) is 4.78. The lowest BCUT2D eigenvalue weighted by Gasteiger charge is -2.32. The number of phenolic OH excluding ortho intramolecular Hbond substituents is 1. The summed E-state index contributed by atoms with van der Waals surface area (Å²) in [6.45, 7) is 6.12. The van der Waals surface area contributed by atoms with Crippen molar-refractivity contribution in [1.82, 2.24) is 0 Å². The SMILES string of the molecule is CC1=CC(C)(C)Nc2ccc3c(c21)c(=O)oc1ccc(O)c(Cl)c13. The molecular formula is C19H16ClNO3. The highest BCUT2D eigenvalue weighted by molar-refractivity contribution is 6.39. The second-order valence-corrected chi connectivity index (χ2v) is 7.12. The summed E-state index contributed by atoms with van der Waals surface area (Å²) >= 11 is 6.28. The summed E-state index contributed by atoms with van der Waals surface area (Å²) in [6, 6.07) is 6.77. The molecule has 4 rings (SSSR count). The average molecular weight is 342 g/mol. The van der Waals surface area contributed by atoms with Crippen molar-refractivity contribution in [2.24, 2.45) is 0 Å². The Kier molecular flexibility index (Phi) is 3.00. The highest BCUT2D eigenvalue weighted by Crippen LogP contribution is 2.41. The van der Waals surface area contributed by atoms with Gasteiger partial charge in [-0.15, -0.1) is 0 Å². The van der Waals surface area contributed by atoms with Crippen molar-refractivity contribution in [3.05, 3.63) is 51.3 Å². The maximum absolute atomic E-state index is 12.6. The molecule has 24 heavy (non-hydrogen) atoms. The topological polar surface area (TPSA) is 62.5 Å². The molecule has 0 radical (unpaired) electrons. The number of rotatable bonds is 0. The number of hydrogen-bond acceptors (Lipinski definition) is 4. The van der Waals surface area contributed by atoms with Crippen molar-refractivity contribution in [2.75, 3.05) is 5.32 Å². The van der Waals surface area contributed by atoms with Crippen LogP contribution in [0.4, 0.5) is 5.69 Å². The van der Waals surface area contributed by atoms with Gasteiger partial charge in [0.25, 0.3) is 0 Å². The Balaban J connectivity index is 2.23. The Bertz CT molecular complexity index is 1110. The molecule has 1 aromatic heterocycles. The van der Waals surface area contributed by atoms with E-state index in [1.807, 2.05) is 19.1 Å². The van der Waals surface area contributed by atoms with Crippen molar-refractivity contribution in [3.8, 4) is 5.75 Å². The molecule has 0 unspecified atom stereocenters. The van der Waals surface area contributed by atoms with Gasteiger partial charge in [0.2, 0.25) is 0 Å². The molecule has 0 spiro atoms. The molecule has 0 fully saturated rings. The second kappa shape index (κ2) is 4.77. The maximum atomic E-state index is 12.6. The first-order chi connectivity index (χ1) is 11.3. The summed E-state index contributed by atoms with van der Waals surface area (Å²) in [6.07, 6.45) is 2.09. The van der Waals surface area contributed by atoms with Crippen LogP contribution in [0.15, 0.2) is 39.6 Å². The molecule has 0 saturated carbocycles. The fourth-order valence-corrected chi connectivity index (χ4v) is 3.83. The molecular weight excluding hydrogens is 326 g/mol.